The molecule has 1 aromatic carbocycles. The number of ether oxygens (including phenoxy) is 1. The number of nitrogens with zero attached hydrogens (tertiary/aromatic N) is 2. The number of H-pyrrole nitrogens is 1. The van der Waals surface area contributed by atoms with E-state index in [0.717, 1.165) is 6.54 Å². The van der Waals surface area contributed by atoms with Crippen LogP contribution in [0.4, 0.5) is 10.3 Å². The Morgan fingerprint density at radius 1 is 1.19 bits per heavy atom. The molecule has 2 aromatic heterocycles. The van der Waals surface area contributed by atoms with Gasteiger partial charge in [0, 0.05) is 18.1 Å². The van der Waals surface area contributed by atoms with Gasteiger partial charge in [-0.2, -0.15) is 4.98 Å². The van der Waals surface area contributed by atoms with Gasteiger partial charge in [-0.05, 0) is 37.0 Å². The molecule has 0 bridgehead atoms. The first-order valence-electron chi connectivity index (χ1n) is 9.25. The highest BCUT2D eigenvalue weighted by molar-refractivity contribution is 5.76. The van der Waals surface area contributed by atoms with E-state index in [1.54, 1.807) is 18.3 Å². The van der Waals surface area contributed by atoms with Crippen LogP contribution in [0.5, 0.6) is 11.5 Å². The summed E-state index contributed by atoms with van der Waals surface area (Å²) in [6.45, 7) is 0.838. The first-order valence-corrected chi connectivity index (χ1v) is 9.25. The minimum Gasteiger partial charge on any atom is -0.448 e. The smallest absolute Gasteiger partial charge is 0.292 e. The van der Waals surface area contributed by atoms with Gasteiger partial charge in [-0.1, -0.05) is 31.4 Å². The van der Waals surface area contributed by atoms with Gasteiger partial charge in [0.25, 0.3) is 5.56 Å². The second-order valence-corrected chi connectivity index (χ2v) is 6.88. The van der Waals surface area contributed by atoms with E-state index in [0.29, 0.717) is 22.9 Å². The molecule has 0 radical (unpaired) electrons. The number of rotatable bonds is 5. The van der Waals surface area contributed by atoms with Crippen molar-refractivity contribution in [2.75, 3.05) is 11.9 Å². The number of nitrogens with one attached hydrogen (secondary N) is 2. The van der Waals surface area contributed by atoms with Crippen molar-refractivity contribution in [1.29, 1.82) is 0 Å². The maximum atomic E-state index is 13.7. The van der Waals surface area contributed by atoms with Gasteiger partial charge in [-0.3, -0.25) is 4.79 Å². The van der Waals surface area contributed by atoms with Crippen molar-refractivity contribution in [2.24, 2.45) is 5.92 Å². The first kappa shape index (κ1) is 17.5. The van der Waals surface area contributed by atoms with Gasteiger partial charge in [0.05, 0.1) is 0 Å². The Hall–Kier alpha value is -2.96. The van der Waals surface area contributed by atoms with E-state index < -0.39 is 11.4 Å². The van der Waals surface area contributed by atoms with Gasteiger partial charge in [0.2, 0.25) is 5.95 Å². The maximum absolute atomic E-state index is 13.7. The van der Waals surface area contributed by atoms with Crippen LogP contribution >= 0.6 is 0 Å². The summed E-state index contributed by atoms with van der Waals surface area (Å²) in [6.07, 6.45) is 7.96. The van der Waals surface area contributed by atoms with Gasteiger partial charge in [0.1, 0.15) is 5.65 Å². The molecule has 27 heavy (non-hydrogen) atoms. The normalized spacial score (nSPS) is 15.0. The molecule has 4 rings (SSSR count). The zero-order valence-corrected chi connectivity index (χ0v) is 14.9. The fraction of sp³-hybridized carbons (Fsp3) is 0.350. The largest absolute Gasteiger partial charge is 0.448 e. The number of para-hydroxylation sites is 1. The van der Waals surface area contributed by atoms with E-state index in [2.05, 4.69) is 20.3 Å². The number of fused-ring (bicyclic) bond motifs is 1. The molecule has 2 heterocycles. The van der Waals surface area contributed by atoms with Crippen LogP contribution in [0.1, 0.15) is 32.1 Å². The van der Waals surface area contributed by atoms with E-state index >= 15 is 0 Å². The summed E-state index contributed by atoms with van der Waals surface area (Å²) < 4.78 is 19.2. The lowest BCUT2D eigenvalue weighted by Gasteiger charge is -2.21. The summed E-state index contributed by atoms with van der Waals surface area (Å²) >= 11 is 0. The maximum Gasteiger partial charge on any atom is 0.292 e. The third-order valence-corrected chi connectivity index (χ3v) is 4.89. The predicted molar refractivity (Wildman–Crippen MR) is 102 cm³/mol. The zero-order chi connectivity index (χ0) is 18.6. The lowest BCUT2D eigenvalue weighted by Crippen LogP contribution is -2.18. The van der Waals surface area contributed by atoms with Gasteiger partial charge >= 0.3 is 0 Å². The fourth-order valence-electron chi connectivity index (χ4n) is 3.41. The van der Waals surface area contributed by atoms with Crippen molar-refractivity contribution >= 4 is 17.0 Å². The van der Waals surface area contributed by atoms with Crippen molar-refractivity contribution in [1.82, 2.24) is 15.0 Å². The molecule has 0 unspecified atom stereocenters. The third kappa shape index (κ3) is 4.07. The molecule has 0 saturated heterocycles. The summed E-state index contributed by atoms with van der Waals surface area (Å²) in [5.41, 5.74) is -0.0512. The van der Waals surface area contributed by atoms with E-state index in [4.69, 9.17) is 4.74 Å². The summed E-state index contributed by atoms with van der Waals surface area (Å²) in [7, 11) is 0. The number of aromatic amines is 1. The highest BCUT2D eigenvalue weighted by atomic mass is 19.1. The van der Waals surface area contributed by atoms with E-state index in [-0.39, 0.29) is 11.5 Å². The molecule has 1 fully saturated rings. The van der Waals surface area contributed by atoms with Crippen molar-refractivity contribution in [3.8, 4) is 11.5 Å². The molecule has 1 aliphatic rings. The Bertz CT molecular complexity index is 999. The summed E-state index contributed by atoms with van der Waals surface area (Å²) in [5, 5.41) is 3.88. The SMILES string of the molecule is O=c1[nH]c2nc(NCC3CCCCC3)ncc2cc1Oc1ccccc1F. The average Bonchev–Trinajstić information content (AvgIpc) is 2.69. The summed E-state index contributed by atoms with van der Waals surface area (Å²) in [6, 6.07) is 7.46. The fourth-order valence-corrected chi connectivity index (χ4v) is 3.41. The monoisotopic (exact) mass is 368 g/mol. The molecule has 1 aliphatic carbocycles. The second kappa shape index (κ2) is 7.73. The van der Waals surface area contributed by atoms with Crippen LogP contribution in [0.2, 0.25) is 0 Å². The standard InChI is InChI=1S/C20H21FN4O2/c21-15-8-4-5-9-16(15)27-17-10-14-12-23-20(25-18(14)24-19(17)26)22-11-13-6-2-1-3-7-13/h4-5,8-10,12-13H,1-3,6-7,11H2,(H2,22,23,24,25,26). The van der Waals surface area contributed by atoms with Crippen molar-refractivity contribution in [3.05, 3.63) is 52.7 Å². The number of anilines is 1. The molecule has 0 amide bonds. The Labute approximate surface area is 155 Å². The minimum absolute atomic E-state index is 0.000820. The number of hydrogen-bond donors (Lipinski definition) is 2. The van der Waals surface area contributed by atoms with Crippen LogP contribution in [0.25, 0.3) is 11.0 Å². The first-order chi connectivity index (χ1) is 13.2. The molecule has 1 saturated carbocycles. The Morgan fingerprint density at radius 2 is 2.00 bits per heavy atom. The molecule has 7 heteroatoms. The zero-order valence-electron chi connectivity index (χ0n) is 14.9. The summed E-state index contributed by atoms with van der Waals surface area (Å²) in [5.74, 6) is 0.601. The highest BCUT2D eigenvalue weighted by Gasteiger charge is 2.14. The van der Waals surface area contributed by atoms with Crippen LogP contribution in [-0.2, 0) is 0 Å². The van der Waals surface area contributed by atoms with Crippen molar-refractivity contribution in [2.45, 2.75) is 32.1 Å². The predicted octanol–water partition coefficient (Wildman–Crippen LogP) is 4.24. The van der Waals surface area contributed by atoms with Crippen molar-refractivity contribution < 1.29 is 9.13 Å². The van der Waals surface area contributed by atoms with Gasteiger partial charge in [0.15, 0.2) is 17.3 Å². The second-order valence-electron chi connectivity index (χ2n) is 6.88. The number of benzene rings is 1. The van der Waals surface area contributed by atoms with Gasteiger partial charge in [-0.15, -0.1) is 0 Å². The molecule has 6 nitrogen and oxygen atoms in total. The lowest BCUT2D eigenvalue weighted by molar-refractivity contribution is 0.373. The Morgan fingerprint density at radius 3 is 2.81 bits per heavy atom. The van der Waals surface area contributed by atoms with E-state index in [1.165, 1.54) is 50.3 Å². The Kier molecular flexibility index (Phi) is 5.00. The van der Waals surface area contributed by atoms with Crippen LogP contribution in [0.15, 0.2) is 41.3 Å². The molecule has 0 aliphatic heterocycles. The number of hydrogen-bond acceptors (Lipinski definition) is 5. The quantitative estimate of drug-likeness (QED) is 0.704. The number of aromatic nitrogens is 3. The van der Waals surface area contributed by atoms with E-state index in [1.807, 2.05) is 0 Å². The van der Waals surface area contributed by atoms with Crippen LogP contribution in [0, 0.1) is 11.7 Å². The van der Waals surface area contributed by atoms with Gasteiger partial charge < -0.3 is 15.0 Å². The molecule has 140 valence electrons. The molecule has 0 spiro atoms. The van der Waals surface area contributed by atoms with Crippen LogP contribution < -0.4 is 15.6 Å². The molecular formula is C20H21FN4O2. The van der Waals surface area contributed by atoms with Gasteiger partial charge in [-0.25, -0.2) is 9.37 Å². The number of halogens is 1. The topological polar surface area (TPSA) is 79.9 Å². The van der Waals surface area contributed by atoms with E-state index in [9.17, 15) is 9.18 Å². The van der Waals surface area contributed by atoms with Crippen LogP contribution in [-0.4, -0.2) is 21.5 Å². The highest BCUT2D eigenvalue weighted by Crippen LogP contribution is 2.25. The molecule has 2 N–H and O–H groups in total. The Balaban J connectivity index is 1.53. The number of pyridine rings is 1. The minimum atomic E-state index is -0.532. The lowest BCUT2D eigenvalue weighted by atomic mass is 9.89. The molecule has 0 atom stereocenters. The average molecular weight is 368 g/mol. The summed E-state index contributed by atoms with van der Waals surface area (Å²) in [4.78, 5) is 23.7. The van der Waals surface area contributed by atoms with Crippen molar-refractivity contribution in [3.63, 3.8) is 0 Å². The molecular weight excluding hydrogens is 347 g/mol. The molecule has 3 aromatic rings. The van der Waals surface area contributed by atoms with Crippen LogP contribution in [0.3, 0.4) is 0 Å². The third-order valence-electron chi connectivity index (χ3n) is 4.89.